The Morgan fingerprint density at radius 1 is 1.23 bits per heavy atom. The van der Waals surface area contributed by atoms with Crippen molar-refractivity contribution in [3.8, 4) is 0 Å². The summed E-state index contributed by atoms with van der Waals surface area (Å²) in [5.74, 6) is 0.594. The lowest BCUT2D eigenvalue weighted by Gasteiger charge is -2.27. The van der Waals surface area contributed by atoms with Crippen LogP contribution in [0.4, 0.5) is 4.79 Å². The van der Waals surface area contributed by atoms with Gasteiger partial charge in [-0.05, 0) is 45.2 Å². The molecule has 4 heteroatoms. The van der Waals surface area contributed by atoms with Gasteiger partial charge in [-0.25, -0.2) is 4.79 Å². The molecule has 2 atom stereocenters. The van der Waals surface area contributed by atoms with E-state index < -0.39 is 5.60 Å². The number of carbonyl (C=O) groups is 1. The van der Waals surface area contributed by atoms with Crippen LogP contribution in [0.3, 0.4) is 0 Å². The summed E-state index contributed by atoms with van der Waals surface area (Å²) in [5.41, 5.74) is 0.928. The number of nitrogens with zero attached hydrogens (tertiary/aromatic N) is 2. The van der Waals surface area contributed by atoms with E-state index in [0.29, 0.717) is 12.0 Å². The summed E-state index contributed by atoms with van der Waals surface area (Å²) in [6.45, 7) is 9.50. The van der Waals surface area contributed by atoms with Crippen molar-refractivity contribution in [3.63, 3.8) is 0 Å². The maximum absolute atomic E-state index is 12.2. The Balaban J connectivity index is 1.60. The molecule has 0 radical (unpaired) electrons. The van der Waals surface area contributed by atoms with Gasteiger partial charge >= 0.3 is 6.09 Å². The Labute approximate surface area is 133 Å². The largest absolute Gasteiger partial charge is 0.444 e. The fourth-order valence-electron chi connectivity index (χ4n) is 3.54. The number of amides is 1. The molecule has 2 fully saturated rings. The highest BCUT2D eigenvalue weighted by Gasteiger charge is 2.43. The van der Waals surface area contributed by atoms with Crippen LogP contribution in [0.25, 0.3) is 0 Å². The van der Waals surface area contributed by atoms with Crippen LogP contribution in [0.5, 0.6) is 0 Å². The normalized spacial score (nSPS) is 25.3. The molecular formula is C18H26N2O2. The van der Waals surface area contributed by atoms with E-state index in [-0.39, 0.29) is 6.09 Å². The Morgan fingerprint density at radius 2 is 1.95 bits per heavy atom. The quantitative estimate of drug-likeness (QED) is 0.841. The van der Waals surface area contributed by atoms with Crippen LogP contribution < -0.4 is 0 Å². The molecular weight excluding hydrogens is 276 g/mol. The Morgan fingerprint density at radius 3 is 2.64 bits per heavy atom. The maximum Gasteiger partial charge on any atom is 0.410 e. The standard InChI is InChI=1S/C18H26N2O2/c1-18(2,3)22-17(21)20-12-15-9-10-19(16(15)13-20)11-14-7-5-4-6-8-14/h4-8,15-16H,9-13H2,1-3H3/t15-,16+/m1/s1. The fraction of sp³-hybridized carbons (Fsp3) is 0.611. The third-order valence-electron chi connectivity index (χ3n) is 4.54. The fourth-order valence-corrected chi connectivity index (χ4v) is 3.54. The first-order valence-corrected chi connectivity index (χ1v) is 8.18. The van der Waals surface area contributed by atoms with Crippen LogP contribution >= 0.6 is 0 Å². The summed E-state index contributed by atoms with van der Waals surface area (Å²) >= 11 is 0. The molecule has 3 rings (SSSR count). The number of benzene rings is 1. The molecule has 1 aromatic rings. The molecule has 22 heavy (non-hydrogen) atoms. The monoisotopic (exact) mass is 302 g/mol. The van der Waals surface area contributed by atoms with Gasteiger partial charge < -0.3 is 9.64 Å². The van der Waals surface area contributed by atoms with Crippen molar-refractivity contribution in [1.29, 1.82) is 0 Å². The molecule has 0 N–H and O–H groups in total. The molecule has 0 aliphatic carbocycles. The average Bonchev–Trinajstić information content (AvgIpc) is 3.00. The van der Waals surface area contributed by atoms with E-state index in [1.54, 1.807) is 0 Å². The van der Waals surface area contributed by atoms with Crippen molar-refractivity contribution in [2.24, 2.45) is 5.92 Å². The molecule has 0 saturated carbocycles. The van der Waals surface area contributed by atoms with Crippen LogP contribution in [0.1, 0.15) is 32.8 Å². The summed E-state index contributed by atoms with van der Waals surface area (Å²) in [4.78, 5) is 16.6. The summed E-state index contributed by atoms with van der Waals surface area (Å²) in [6.07, 6.45) is 1.01. The minimum atomic E-state index is -0.418. The van der Waals surface area contributed by atoms with Crippen molar-refractivity contribution in [3.05, 3.63) is 35.9 Å². The molecule has 0 bridgehead atoms. The summed E-state index contributed by atoms with van der Waals surface area (Å²) in [6, 6.07) is 11.1. The number of hydrogen-bond acceptors (Lipinski definition) is 3. The average molecular weight is 302 g/mol. The summed E-state index contributed by atoms with van der Waals surface area (Å²) in [7, 11) is 0. The first-order valence-electron chi connectivity index (χ1n) is 8.18. The maximum atomic E-state index is 12.2. The minimum absolute atomic E-state index is 0.165. The van der Waals surface area contributed by atoms with E-state index in [0.717, 1.165) is 26.2 Å². The van der Waals surface area contributed by atoms with E-state index in [2.05, 4.69) is 35.2 Å². The minimum Gasteiger partial charge on any atom is -0.444 e. The highest BCUT2D eigenvalue weighted by molar-refractivity contribution is 5.68. The third kappa shape index (κ3) is 3.43. The van der Waals surface area contributed by atoms with Crippen LogP contribution in [0, 0.1) is 5.92 Å². The zero-order valence-corrected chi connectivity index (χ0v) is 13.8. The number of fused-ring (bicyclic) bond motifs is 1. The lowest BCUT2D eigenvalue weighted by molar-refractivity contribution is 0.0271. The van der Waals surface area contributed by atoms with Crippen LogP contribution in [-0.4, -0.2) is 47.2 Å². The van der Waals surface area contributed by atoms with Crippen molar-refractivity contribution in [1.82, 2.24) is 9.80 Å². The van der Waals surface area contributed by atoms with Gasteiger partial charge in [0.05, 0.1) is 0 Å². The topological polar surface area (TPSA) is 32.8 Å². The summed E-state index contributed by atoms with van der Waals surface area (Å²) in [5, 5.41) is 0. The predicted molar refractivity (Wildman–Crippen MR) is 86.6 cm³/mol. The smallest absolute Gasteiger partial charge is 0.410 e. The van der Waals surface area contributed by atoms with E-state index in [1.165, 1.54) is 12.0 Å². The Kier molecular flexibility index (Phi) is 4.13. The molecule has 1 aromatic carbocycles. The molecule has 120 valence electrons. The second-order valence-corrected chi connectivity index (χ2v) is 7.46. The molecule has 0 unspecified atom stereocenters. The second-order valence-electron chi connectivity index (χ2n) is 7.46. The predicted octanol–water partition coefficient (Wildman–Crippen LogP) is 3.13. The first-order chi connectivity index (χ1) is 10.4. The van der Waals surface area contributed by atoms with Gasteiger partial charge in [-0.2, -0.15) is 0 Å². The number of ether oxygens (including phenoxy) is 1. The molecule has 2 aliphatic heterocycles. The van der Waals surface area contributed by atoms with E-state index in [9.17, 15) is 4.79 Å². The highest BCUT2D eigenvalue weighted by Crippen LogP contribution is 2.33. The van der Waals surface area contributed by atoms with Crippen molar-refractivity contribution >= 4 is 6.09 Å². The molecule has 2 heterocycles. The van der Waals surface area contributed by atoms with Crippen molar-refractivity contribution < 1.29 is 9.53 Å². The van der Waals surface area contributed by atoms with Gasteiger partial charge in [-0.1, -0.05) is 30.3 Å². The second kappa shape index (κ2) is 5.92. The van der Waals surface area contributed by atoms with Gasteiger partial charge in [-0.3, -0.25) is 4.90 Å². The third-order valence-corrected chi connectivity index (χ3v) is 4.54. The molecule has 0 spiro atoms. The van der Waals surface area contributed by atoms with Gasteiger partial charge in [0.1, 0.15) is 5.60 Å². The van der Waals surface area contributed by atoms with Crippen molar-refractivity contribution in [2.45, 2.75) is 45.4 Å². The Bertz CT molecular complexity index is 524. The number of hydrogen-bond donors (Lipinski definition) is 0. The van der Waals surface area contributed by atoms with Crippen LogP contribution in [-0.2, 0) is 11.3 Å². The summed E-state index contributed by atoms with van der Waals surface area (Å²) < 4.78 is 5.51. The number of carbonyl (C=O) groups excluding carboxylic acids is 1. The zero-order chi connectivity index (χ0) is 15.7. The van der Waals surface area contributed by atoms with Gasteiger partial charge in [0.25, 0.3) is 0 Å². The molecule has 2 saturated heterocycles. The highest BCUT2D eigenvalue weighted by atomic mass is 16.6. The SMILES string of the molecule is CC(C)(C)OC(=O)N1C[C@H]2CCN(Cc3ccccc3)[C@H]2C1. The molecule has 2 aliphatic rings. The molecule has 1 amide bonds. The Hall–Kier alpha value is -1.55. The number of rotatable bonds is 2. The van der Waals surface area contributed by atoms with Crippen LogP contribution in [0.15, 0.2) is 30.3 Å². The van der Waals surface area contributed by atoms with E-state index in [4.69, 9.17) is 4.74 Å². The lowest BCUT2D eigenvalue weighted by Crippen LogP contribution is -2.39. The van der Waals surface area contributed by atoms with E-state index in [1.807, 2.05) is 25.7 Å². The van der Waals surface area contributed by atoms with Gasteiger partial charge in [-0.15, -0.1) is 0 Å². The van der Waals surface area contributed by atoms with E-state index >= 15 is 0 Å². The zero-order valence-electron chi connectivity index (χ0n) is 13.8. The van der Waals surface area contributed by atoms with Gasteiger partial charge in [0.15, 0.2) is 0 Å². The molecule has 0 aromatic heterocycles. The first kappa shape index (κ1) is 15.3. The number of likely N-dealkylation sites (tertiary alicyclic amines) is 2. The lowest BCUT2D eigenvalue weighted by atomic mass is 10.0. The molecule has 4 nitrogen and oxygen atoms in total. The van der Waals surface area contributed by atoms with Crippen molar-refractivity contribution in [2.75, 3.05) is 19.6 Å². The van der Waals surface area contributed by atoms with Gasteiger partial charge in [0, 0.05) is 25.7 Å². The van der Waals surface area contributed by atoms with Gasteiger partial charge in [0.2, 0.25) is 0 Å². The van der Waals surface area contributed by atoms with Crippen LogP contribution in [0.2, 0.25) is 0 Å².